The van der Waals surface area contributed by atoms with Gasteiger partial charge >= 0.3 is 0 Å². The maximum Gasteiger partial charge on any atom is 0.0433 e. The summed E-state index contributed by atoms with van der Waals surface area (Å²) in [5, 5.41) is 12.1. The lowest BCUT2D eigenvalue weighted by Gasteiger charge is -2.25. The van der Waals surface area contributed by atoms with Crippen molar-refractivity contribution >= 4 is 0 Å². The van der Waals surface area contributed by atoms with Crippen LogP contribution in [0.25, 0.3) is 0 Å². The van der Waals surface area contributed by atoms with Crippen LogP contribution in [0, 0.1) is 11.8 Å². The lowest BCUT2D eigenvalue weighted by molar-refractivity contribution is 0.233. The van der Waals surface area contributed by atoms with E-state index in [-0.39, 0.29) is 0 Å². The van der Waals surface area contributed by atoms with Gasteiger partial charge in [-0.25, -0.2) is 0 Å². The first-order valence-corrected chi connectivity index (χ1v) is 5.14. The zero-order valence-corrected chi connectivity index (χ0v) is 8.05. The van der Waals surface area contributed by atoms with Crippen molar-refractivity contribution in [3.63, 3.8) is 0 Å². The highest BCUT2D eigenvalue weighted by Crippen LogP contribution is 2.22. The summed E-state index contributed by atoms with van der Waals surface area (Å²) < 4.78 is 0. The fraction of sp³-hybridized carbons (Fsp3) is 1.00. The molecule has 1 rings (SSSR count). The van der Waals surface area contributed by atoms with Crippen molar-refractivity contribution in [3.05, 3.63) is 0 Å². The molecule has 0 spiro atoms. The highest BCUT2D eigenvalue weighted by atomic mass is 16.3. The van der Waals surface area contributed by atoms with E-state index < -0.39 is 0 Å². The molecule has 0 aromatic heterocycles. The Hall–Kier alpha value is -0.0800. The predicted molar refractivity (Wildman–Crippen MR) is 51.1 cm³/mol. The summed E-state index contributed by atoms with van der Waals surface area (Å²) in [5.74, 6) is 1.62. The van der Waals surface area contributed by atoms with Crippen molar-refractivity contribution in [3.8, 4) is 0 Å². The van der Waals surface area contributed by atoms with Crippen LogP contribution in [0.5, 0.6) is 0 Å². The van der Waals surface area contributed by atoms with E-state index in [2.05, 4.69) is 12.2 Å². The zero-order valence-electron chi connectivity index (χ0n) is 8.05. The average Bonchev–Trinajstić information content (AvgIpc) is 2.06. The van der Waals surface area contributed by atoms with Crippen molar-refractivity contribution in [2.24, 2.45) is 11.8 Å². The van der Waals surface area contributed by atoms with Gasteiger partial charge < -0.3 is 10.4 Å². The third-order valence-electron chi connectivity index (χ3n) is 2.82. The second-order valence-corrected chi connectivity index (χ2v) is 4.05. The summed E-state index contributed by atoms with van der Waals surface area (Å²) in [6, 6.07) is 0. The monoisotopic (exact) mass is 171 g/mol. The Morgan fingerprint density at radius 3 is 2.67 bits per heavy atom. The van der Waals surface area contributed by atoms with Gasteiger partial charge in [0.1, 0.15) is 0 Å². The highest BCUT2D eigenvalue weighted by Gasteiger charge is 2.15. The van der Waals surface area contributed by atoms with Crippen LogP contribution in [0.2, 0.25) is 0 Å². The van der Waals surface area contributed by atoms with Crippen molar-refractivity contribution < 1.29 is 5.11 Å². The molecule has 1 aliphatic rings. The minimum Gasteiger partial charge on any atom is -0.396 e. The molecule has 12 heavy (non-hydrogen) atoms. The highest BCUT2D eigenvalue weighted by molar-refractivity contribution is 4.70. The molecule has 0 aliphatic carbocycles. The van der Waals surface area contributed by atoms with E-state index in [1.54, 1.807) is 0 Å². The van der Waals surface area contributed by atoms with Gasteiger partial charge in [-0.1, -0.05) is 6.92 Å². The van der Waals surface area contributed by atoms with E-state index in [4.69, 9.17) is 5.11 Å². The largest absolute Gasteiger partial charge is 0.396 e. The van der Waals surface area contributed by atoms with Gasteiger partial charge in [0.25, 0.3) is 0 Å². The third-order valence-corrected chi connectivity index (χ3v) is 2.82. The van der Waals surface area contributed by atoms with Gasteiger partial charge in [-0.05, 0) is 50.6 Å². The van der Waals surface area contributed by atoms with Crippen LogP contribution in [-0.4, -0.2) is 24.8 Å². The molecule has 1 atom stereocenters. The molecule has 1 saturated heterocycles. The summed E-state index contributed by atoms with van der Waals surface area (Å²) in [5.41, 5.74) is 0. The van der Waals surface area contributed by atoms with Crippen LogP contribution >= 0.6 is 0 Å². The summed E-state index contributed by atoms with van der Waals surface area (Å²) in [6.45, 7) is 4.98. The van der Waals surface area contributed by atoms with E-state index in [1.165, 1.54) is 32.4 Å². The number of hydrogen-bond donors (Lipinski definition) is 2. The van der Waals surface area contributed by atoms with E-state index >= 15 is 0 Å². The van der Waals surface area contributed by atoms with Crippen molar-refractivity contribution in [2.75, 3.05) is 19.7 Å². The number of aliphatic hydroxyl groups excluding tert-OH is 1. The molecule has 0 amide bonds. The SMILES string of the molecule is CC(CCO)CC1CCNCC1. The second kappa shape index (κ2) is 5.55. The summed E-state index contributed by atoms with van der Waals surface area (Å²) >= 11 is 0. The first-order chi connectivity index (χ1) is 5.83. The number of aliphatic hydroxyl groups is 1. The normalized spacial score (nSPS) is 22.5. The minimum atomic E-state index is 0.353. The molecule has 2 N–H and O–H groups in total. The Kier molecular flexibility index (Phi) is 4.62. The number of piperidine rings is 1. The van der Waals surface area contributed by atoms with Crippen LogP contribution < -0.4 is 5.32 Å². The number of hydrogen-bond acceptors (Lipinski definition) is 2. The maximum atomic E-state index is 8.75. The summed E-state index contributed by atoms with van der Waals surface area (Å²) in [4.78, 5) is 0. The molecule has 1 heterocycles. The Labute approximate surface area is 75.4 Å². The molecule has 0 bridgehead atoms. The quantitative estimate of drug-likeness (QED) is 0.670. The van der Waals surface area contributed by atoms with Gasteiger partial charge in [0, 0.05) is 6.61 Å². The predicted octanol–water partition coefficient (Wildman–Crippen LogP) is 1.39. The van der Waals surface area contributed by atoms with E-state index in [9.17, 15) is 0 Å². The van der Waals surface area contributed by atoms with Gasteiger partial charge in [-0.3, -0.25) is 0 Å². The van der Waals surface area contributed by atoms with Crippen LogP contribution in [0.15, 0.2) is 0 Å². The van der Waals surface area contributed by atoms with Gasteiger partial charge in [0.15, 0.2) is 0 Å². The van der Waals surface area contributed by atoms with E-state index in [0.29, 0.717) is 12.5 Å². The summed E-state index contributed by atoms with van der Waals surface area (Å²) in [7, 11) is 0. The fourth-order valence-electron chi connectivity index (χ4n) is 2.02. The van der Waals surface area contributed by atoms with Gasteiger partial charge in [-0.2, -0.15) is 0 Å². The Morgan fingerprint density at radius 2 is 2.08 bits per heavy atom. The third kappa shape index (κ3) is 3.55. The van der Waals surface area contributed by atoms with Crippen molar-refractivity contribution in [2.45, 2.75) is 32.6 Å². The molecule has 1 unspecified atom stereocenters. The van der Waals surface area contributed by atoms with Crippen molar-refractivity contribution in [1.29, 1.82) is 0 Å². The maximum absolute atomic E-state index is 8.75. The molecule has 0 aromatic rings. The molecule has 72 valence electrons. The Bertz CT molecular complexity index is 110. The fourth-order valence-corrected chi connectivity index (χ4v) is 2.02. The number of rotatable bonds is 4. The molecule has 2 heteroatoms. The molecular weight excluding hydrogens is 150 g/mol. The first-order valence-electron chi connectivity index (χ1n) is 5.14. The van der Waals surface area contributed by atoms with Gasteiger partial charge in [0.05, 0.1) is 0 Å². The van der Waals surface area contributed by atoms with Crippen molar-refractivity contribution in [1.82, 2.24) is 5.32 Å². The van der Waals surface area contributed by atoms with Gasteiger partial charge in [-0.15, -0.1) is 0 Å². The number of nitrogens with one attached hydrogen (secondary N) is 1. The summed E-state index contributed by atoms with van der Waals surface area (Å²) in [6.07, 6.45) is 4.94. The standard InChI is InChI=1S/C10H21NO/c1-9(4-7-12)8-10-2-5-11-6-3-10/h9-12H,2-8H2,1H3. The smallest absolute Gasteiger partial charge is 0.0433 e. The lowest BCUT2D eigenvalue weighted by atomic mass is 9.87. The van der Waals surface area contributed by atoms with Gasteiger partial charge in [0.2, 0.25) is 0 Å². The molecule has 2 nitrogen and oxygen atoms in total. The van der Waals surface area contributed by atoms with Crippen LogP contribution in [0.1, 0.15) is 32.6 Å². The van der Waals surface area contributed by atoms with E-state index in [1.807, 2.05) is 0 Å². The second-order valence-electron chi connectivity index (χ2n) is 4.05. The van der Waals surface area contributed by atoms with Crippen LogP contribution in [-0.2, 0) is 0 Å². The molecule has 1 aliphatic heterocycles. The Morgan fingerprint density at radius 1 is 1.42 bits per heavy atom. The Balaban J connectivity index is 2.11. The minimum absolute atomic E-state index is 0.353. The first kappa shape index (κ1) is 10.0. The molecular formula is C10H21NO. The topological polar surface area (TPSA) is 32.3 Å². The zero-order chi connectivity index (χ0) is 8.81. The molecule has 0 radical (unpaired) electrons. The lowest BCUT2D eigenvalue weighted by Crippen LogP contribution is -2.28. The van der Waals surface area contributed by atoms with Crippen LogP contribution in [0.4, 0.5) is 0 Å². The van der Waals surface area contributed by atoms with Crippen LogP contribution in [0.3, 0.4) is 0 Å². The van der Waals surface area contributed by atoms with E-state index in [0.717, 1.165) is 12.3 Å². The average molecular weight is 171 g/mol. The molecule has 0 aromatic carbocycles. The molecule has 0 saturated carbocycles. The molecule has 1 fully saturated rings.